The Morgan fingerprint density at radius 3 is 2.93 bits per heavy atom. The van der Waals surface area contributed by atoms with Gasteiger partial charge < -0.3 is 5.32 Å². The molecule has 3 heteroatoms. The van der Waals surface area contributed by atoms with Gasteiger partial charge in [0.2, 0.25) is 0 Å². The molecule has 2 rings (SSSR count). The van der Waals surface area contributed by atoms with Crippen LogP contribution in [0.3, 0.4) is 0 Å². The summed E-state index contributed by atoms with van der Waals surface area (Å²) in [6.07, 6.45) is 4.40. The predicted molar refractivity (Wildman–Crippen MR) is 56.0 cm³/mol. The first-order chi connectivity index (χ1) is 6.75. The number of rotatable bonds is 4. The molecule has 1 saturated carbocycles. The molecule has 76 valence electrons. The van der Waals surface area contributed by atoms with E-state index >= 15 is 0 Å². The van der Waals surface area contributed by atoms with E-state index in [4.69, 9.17) is 0 Å². The van der Waals surface area contributed by atoms with Crippen molar-refractivity contribution in [2.24, 2.45) is 0 Å². The first kappa shape index (κ1) is 9.59. The van der Waals surface area contributed by atoms with Crippen molar-refractivity contribution in [2.45, 2.75) is 45.2 Å². The highest BCUT2D eigenvalue weighted by Gasteiger charge is 2.26. The lowest BCUT2D eigenvalue weighted by molar-refractivity contribution is 0.579. The Labute approximate surface area is 85.0 Å². The van der Waals surface area contributed by atoms with E-state index in [1.807, 2.05) is 12.3 Å². The molecule has 3 nitrogen and oxygen atoms in total. The second kappa shape index (κ2) is 4.05. The van der Waals surface area contributed by atoms with E-state index in [0.717, 1.165) is 18.1 Å². The molecule has 1 N–H and O–H groups in total. The summed E-state index contributed by atoms with van der Waals surface area (Å²) in [5.74, 6) is 1.68. The van der Waals surface area contributed by atoms with E-state index in [2.05, 4.69) is 29.1 Å². The first-order valence-corrected chi connectivity index (χ1v) is 5.31. The van der Waals surface area contributed by atoms with E-state index < -0.39 is 0 Å². The third-order valence-electron chi connectivity index (χ3n) is 2.37. The van der Waals surface area contributed by atoms with Crippen LogP contribution < -0.4 is 5.32 Å². The minimum Gasteiger partial charge on any atom is -0.309 e. The van der Waals surface area contributed by atoms with Crippen molar-refractivity contribution < 1.29 is 0 Å². The van der Waals surface area contributed by atoms with Gasteiger partial charge in [-0.2, -0.15) is 0 Å². The smallest absolute Gasteiger partial charge is 0.131 e. The average molecular weight is 191 g/mol. The number of nitrogens with one attached hydrogen (secondary N) is 1. The molecule has 0 amide bonds. The Morgan fingerprint density at radius 1 is 1.50 bits per heavy atom. The second-order valence-electron chi connectivity index (χ2n) is 4.22. The molecule has 0 spiro atoms. The van der Waals surface area contributed by atoms with E-state index in [-0.39, 0.29) is 0 Å². The fourth-order valence-electron chi connectivity index (χ4n) is 1.36. The van der Waals surface area contributed by atoms with Gasteiger partial charge in [-0.05, 0) is 18.9 Å². The van der Waals surface area contributed by atoms with Crippen LogP contribution in [0.1, 0.15) is 44.1 Å². The molecule has 0 saturated heterocycles. The zero-order valence-corrected chi connectivity index (χ0v) is 8.83. The Hall–Kier alpha value is -0.960. The van der Waals surface area contributed by atoms with Gasteiger partial charge in [-0.1, -0.05) is 13.8 Å². The molecule has 14 heavy (non-hydrogen) atoms. The molecule has 0 aliphatic heterocycles. The van der Waals surface area contributed by atoms with Gasteiger partial charge in [0.05, 0.1) is 5.69 Å². The SMILES string of the molecule is CC(C)NCc1ccnc(C2CC2)n1. The zero-order valence-electron chi connectivity index (χ0n) is 8.83. The molecule has 1 fully saturated rings. The number of aromatic nitrogens is 2. The minimum absolute atomic E-state index is 0.509. The molecule has 0 atom stereocenters. The number of hydrogen-bond acceptors (Lipinski definition) is 3. The maximum Gasteiger partial charge on any atom is 0.131 e. The van der Waals surface area contributed by atoms with Crippen LogP contribution in [0, 0.1) is 0 Å². The summed E-state index contributed by atoms with van der Waals surface area (Å²) in [5, 5.41) is 3.36. The third-order valence-corrected chi connectivity index (χ3v) is 2.37. The van der Waals surface area contributed by atoms with Crippen molar-refractivity contribution >= 4 is 0 Å². The van der Waals surface area contributed by atoms with E-state index in [1.165, 1.54) is 12.8 Å². The van der Waals surface area contributed by atoms with Crippen molar-refractivity contribution in [1.82, 2.24) is 15.3 Å². The lowest BCUT2D eigenvalue weighted by Gasteiger charge is -2.07. The highest BCUT2D eigenvalue weighted by molar-refractivity contribution is 5.09. The topological polar surface area (TPSA) is 37.8 Å². The highest BCUT2D eigenvalue weighted by Crippen LogP contribution is 2.37. The maximum absolute atomic E-state index is 4.53. The quantitative estimate of drug-likeness (QED) is 0.789. The van der Waals surface area contributed by atoms with Crippen molar-refractivity contribution in [3.05, 3.63) is 23.8 Å². The molecular formula is C11H17N3. The van der Waals surface area contributed by atoms with Crippen LogP contribution in [-0.2, 0) is 6.54 Å². The van der Waals surface area contributed by atoms with Crippen LogP contribution in [0.5, 0.6) is 0 Å². The lowest BCUT2D eigenvalue weighted by atomic mass is 10.3. The van der Waals surface area contributed by atoms with Gasteiger partial charge in [0, 0.05) is 24.7 Å². The van der Waals surface area contributed by atoms with E-state index in [9.17, 15) is 0 Å². The molecule has 0 radical (unpaired) electrons. The Balaban J connectivity index is 1.99. The minimum atomic E-state index is 0.509. The summed E-state index contributed by atoms with van der Waals surface area (Å²) in [7, 11) is 0. The largest absolute Gasteiger partial charge is 0.309 e. The number of hydrogen-bond donors (Lipinski definition) is 1. The highest BCUT2D eigenvalue weighted by atomic mass is 15.0. The number of nitrogens with zero attached hydrogens (tertiary/aromatic N) is 2. The van der Waals surface area contributed by atoms with Crippen molar-refractivity contribution in [3.8, 4) is 0 Å². The van der Waals surface area contributed by atoms with Crippen LogP contribution in [0.25, 0.3) is 0 Å². The molecule has 0 aromatic carbocycles. The molecular weight excluding hydrogens is 174 g/mol. The summed E-state index contributed by atoms with van der Waals surface area (Å²) in [6.45, 7) is 5.13. The van der Waals surface area contributed by atoms with Gasteiger partial charge in [0.1, 0.15) is 5.82 Å². The van der Waals surface area contributed by atoms with E-state index in [0.29, 0.717) is 12.0 Å². The zero-order chi connectivity index (χ0) is 9.97. The van der Waals surface area contributed by atoms with Gasteiger partial charge in [-0.15, -0.1) is 0 Å². The van der Waals surface area contributed by atoms with Crippen LogP contribution in [0.4, 0.5) is 0 Å². The molecule has 1 aromatic heterocycles. The Kier molecular flexibility index (Phi) is 2.77. The molecule has 0 bridgehead atoms. The van der Waals surface area contributed by atoms with Gasteiger partial charge in [-0.25, -0.2) is 9.97 Å². The summed E-state index contributed by atoms with van der Waals surface area (Å²) in [4.78, 5) is 8.82. The Morgan fingerprint density at radius 2 is 2.29 bits per heavy atom. The second-order valence-corrected chi connectivity index (χ2v) is 4.22. The van der Waals surface area contributed by atoms with Crippen LogP contribution in [0.15, 0.2) is 12.3 Å². The van der Waals surface area contributed by atoms with Crippen LogP contribution >= 0.6 is 0 Å². The lowest BCUT2D eigenvalue weighted by Crippen LogP contribution is -2.22. The van der Waals surface area contributed by atoms with Gasteiger partial charge in [0.15, 0.2) is 0 Å². The summed E-state index contributed by atoms with van der Waals surface area (Å²) in [5.41, 5.74) is 1.11. The third kappa shape index (κ3) is 2.51. The normalized spacial score (nSPS) is 16.2. The summed E-state index contributed by atoms with van der Waals surface area (Å²) in [6, 6.07) is 2.50. The van der Waals surface area contributed by atoms with Crippen LogP contribution in [0.2, 0.25) is 0 Å². The van der Waals surface area contributed by atoms with Crippen molar-refractivity contribution in [3.63, 3.8) is 0 Å². The molecule has 1 aliphatic carbocycles. The van der Waals surface area contributed by atoms with Gasteiger partial charge in [-0.3, -0.25) is 0 Å². The summed E-state index contributed by atoms with van der Waals surface area (Å²) >= 11 is 0. The van der Waals surface area contributed by atoms with Crippen molar-refractivity contribution in [1.29, 1.82) is 0 Å². The fourth-order valence-corrected chi connectivity index (χ4v) is 1.36. The fraction of sp³-hybridized carbons (Fsp3) is 0.636. The first-order valence-electron chi connectivity index (χ1n) is 5.31. The van der Waals surface area contributed by atoms with Crippen molar-refractivity contribution in [2.75, 3.05) is 0 Å². The Bertz CT molecular complexity index is 305. The van der Waals surface area contributed by atoms with E-state index in [1.54, 1.807) is 0 Å². The van der Waals surface area contributed by atoms with Gasteiger partial charge >= 0.3 is 0 Å². The molecule has 1 heterocycles. The standard InChI is InChI=1S/C11H17N3/c1-8(2)13-7-10-5-6-12-11(14-10)9-3-4-9/h5-6,8-9,13H,3-4,7H2,1-2H3. The molecule has 1 aliphatic rings. The van der Waals surface area contributed by atoms with Crippen LogP contribution in [-0.4, -0.2) is 16.0 Å². The predicted octanol–water partition coefficient (Wildman–Crippen LogP) is 1.85. The average Bonchev–Trinajstić information content (AvgIpc) is 2.98. The maximum atomic E-state index is 4.53. The molecule has 1 aromatic rings. The monoisotopic (exact) mass is 191 g/mol. The van der Waals surface area contributed by atoms with Gasteiger partial charge in [0.25, 0.3) is 0 Å². The summed E-state index contributed by atoms with van der Waals surface area (Å²) < 4.78 is 0. The molecule has 0 unspecified atom stereocenters.